The summed E-state index contributed by atoms with van der Waals surface area (Å²) in [7, 11) is -15.8. The fourth-order valence-corrected chi connectivity index (χ4v) is 5.48. The highest BCUT2D eigenvalue weighted by Crippen LogP contribution is 2.65. The second-order valence-electron chi connectivity index (χ2n) is 5.72. The molecule has 0 fully saturated rings. The number of H-pyrrole nitrogens is 1. The molecule has 0 aromatic carbocycles. The van der Waals surface area contributed by atoms with Crippen LogP contribution in [0, 0.1) is 0 Å². The molecule has 16 nitrogen and oxygen atoms in total. The smallest absolute Gasteiger partial charge is 0.369 e. The van der Waals surface area contributed by atoms with Gasteiger partial charge < -0.3 is 34.6 Å². The lowest BCUT2D eigenvalue weighted by Crippen LogP contribution is -2.15. The Kier molecular flexibility index (Phi) is 7.18. The lowest BCUT2D eigenvalue weighted by atomic mass is 10.3. The summed E-state index contributed by atoms with van der Waals surface area (Å²) >= 11 is 0. The van der Waals surface area contributed by atoms with Gasteiger partial charge in [0.2, 0.25) is 5.95 Å². The molecule has 19 heteroatoms. The average Bonchev–Trinajstić information content (AvgIpc) is 2.90. The number of aryl methyl sites for hydroxylation is 1. The van der Waals surface area contributed by atoms with Gasteiger partial charge in [-0.25, -0.2) is 18.4 Å². The Labute approximate surface area is 162 Å². The lowest BCUT2D eigenvalue weighted by molar-refractivity contribution is 0.0783. The van der Waals surface area contributed by atoms with Crippen LogP contribution in [-0.4, -0.2) is 51.5 Å². The largest absolute Gasteiger partial charge is 0.488 e. The summed E-state index contributed by atoms with van der Waals surface area (Å²) in [6, 6.07) is 0. The summed E-state index contributed by atoms with van der Waals surface area (Å²) in [6.07, 6.45) is -0.161. The number of nitrogens with two attached hydrogens (primary N) is 1. The molecular formula is C10H18N5O11P3. The number of phosphoric acid groups is 2. The first kappa shape index (κ1) is 23.8. The second kappa shape index (κ2) is 8.74. The monoisotopic (exact) mass is 477 g/mol. The summed E-state index contributed by atoms with van der Waals surface area (Å²) in [5.41, 5.74) is 5.27. The molecule has 29 heavy (non-hydrogen) atoms. The SMILES string of the molecule is CC(CCn1cnc2c(=O)[nH]c(N)nc21)OCP(=O)(O)OP(=O)(O)OP(=O)(O)O. The van der Waals surface area contributed by atoms with Gasteiger partial charge >= 0.3 is 23.2 Å². The van der Waals surface area contributed by atoms with Crippen molar-refractivity contribution in [3.05, 3.63) is 16.7 Å². The predicted octanol–water partition coefficient (Wildman–Crippen LogP) is -0.134. The highest BCUT2D eigenvalue weighted by Gasteiger charge is 2.39. The summed E-state index contributed by atoms with van der Waals surface area (Å²) < 4.78 is 47.5. The Balaban J connectivity index is 1.92. The molecule has 0 saturated carbocycles. The molecule has 0 aliphatic carbocycles. The number of nitrogen functional groups attached to an aromatic ring is 1. The van der Waals surface area contributed by atoms with Crippen molar-refractivity contribution in [1.82, 2.24) is 19.5 Å². The molecule has 2 aromatic rings. The van der Waals surface area contributed by atoms with Gasteiger partial charge in [-0.3, -0.25) is 14.3 Å². The van der Waals surface area contributed by atoms with Gasteiger partial charge in [0, 0.05) is 6.54 Å². The quantitative estimate of drug-likeness (QED) is 0.244. The Bertz CT molecular complexity index is 1080. The van der Waals surface area contributed by atoms with Crippen molar-refractivity contribution in [2.24, 2.45) is 0 Å². The molecule has 3 unspecified atom stereocenters. The number of hydrogen-bond acceptors (Lipinski definition) is 10. The molecule has 2 heterocycles. The van der Waals surface area contributed by atoms with E-state index in [9.17, 15) is 23.4 Å². The van der Waals surface area contributed by atoms with E-state index in [4.69, 9.17) is 25.2 Å². The number of ether oxygens (including phenoxy) is 1. The maximum absolute atomic E-state index is 11.8. The lowest BCUT2D eigenvalue weighted by Gasteiger charge is -2.19. The van der Waals surface area contributed by atoms with E-state index in [0.29, 0.717) is 0 Å². The van der Waals surface area contributed by atoms with Crippen molar-refractivity contribution in [3.63, 3.8) is 0 Å². The van der Waals surface area contributed by atoms with E-state index in [0.717, 1.165) is 0 Å². The molecule has 3 atom stereocenters. The van der Waals surface area contributed by atoms with Crippen molar-refractivity contribution >= 4 is 40.4 Å². The molecule has 2 rings (SSSR count). The minimum Gasteiger partial charge on any atom is -0.369 e. The standard InChI is InChI=1S/C10H18N5O11P3/c1-6(24-5-27(17,18)25-29(22,23)26-28(19,20)21)2-3-15-4-12-7-8(15)13-10(11)14-9(7)16/h4,6H,2-3,5H2,1H3,(H,17,18)(H,22,23)(H2,19,20,21)(H3,11,13,14,16). The summed E-state index contributed by atoms with van der Waals surface area (Å²) in [5.74, 6) is -0.0992. The van der Waals surface area contributed by atoms with E-state index < -0.39 is 41.3 Å². The Morgan fingerprint density at radius 1 is 1.24 bits per heavy atom. The van der Waals surface area contributed by atoms with Crippen LogP contribution in [0.2, 0.25) is 0 Å². The number of rotatable bonds is 10. The van der Waals surface area contributed by atoms with Crippen LogP contribution in [0.3, 0.4) is 0 Å². The van der Waals surface area contributed by atoms with E-state index >= 15 is 0 Å². The van der Waals surface area contributed by atoms with Crippen molar-refractivity contribution in [3.8, 4) is 0 Å². The molecule has 0 amide bonds. The van der Waals surface area contributed by atoms with Gasteiger partial charge in [0.15, 0.2) is 11.2 Å². The molecule has 7 N–H and O–H groups in total. The summed E-state index contributed by atoms with van der Waals surface area (Å²) in [6.45, 7) is 1.74. The first-order chi connectivity index (χ1) is 13.2. The third-order valence-corrected chi connectivity index (χ3v) is 7.23. The zero-order valence-corrected chi connectivity index (χ0v) is 17.4. The third kappa shape index (κ3) is 7.39. The fraction of sp³-hybridized carbons (Fsp3) is 0.500. The van der Waals surface area contributed by atoms with Crippen LogP contribution in [0.5, 0.6) is 0 Å². The minimum absolute atomic E-state index is 0.0739. The summed E-state index contributed by atoms with van der Waals surface area (Å²) in [4.78, 5) is 57.4. The number of aromatic nitrogens is 4. The van der Waals surface area contributed by atoms with Crippen LogP contribution in [0.4, 0.5) is 5.95 Å². The number of nitrogens with zero attached hydrogens (tertiary/aromatic N) is 3. The van der Waals surface area contributed by atoms with E-state index in [1.54, 1.807) is 0 Å². The van der Waals surface area contributed by atoms with Crippen molar-refractivity contribution < 1.29 is 46.6 Å². The van der Waals surface area contributed by atoms with Gasteiger partial charge in [0.1, 0.15) is 6.35 Å². The highest BCUT2D eigenvalue weighted by atomic mass is 31.3. The van der Waals surface area contributed by atoms with Crippen LogP contribution in [0.15, 0.2) is 11.1 Å². The third-order valence-electron chi connectivity index (χ3n) is 3.23. The van der Waals surface area contributed by atoms with Crippen LogP contribution in [0.25, 0.3) is 11.2 Å². The number of hydrogen-bond donors (Lipinski definition) is 6. The number of fused-ring (bicyclic) bond motifs is 1. The first-order valence-electron chi connectivity index (χ1n) is 7.62. The molecule has 0 aliphatic heterocycles. The van der Waals surface area contributed by atoms with Crippen molar-refractivity contribution in [1.29, 1.82) is 0 Å². The van der Waals surface area contributed by atoms with Crippen LogP contribution < -0.4 is 11.3 Å². The zero-order chi connectivity index (χ0) is 22.0. The van der Waals surface area contributed by atoms with Gasteiger partial charge in [-0.15, -0.1) is 0 Å². The van der Waals surface area contributed by atoms with Crippen LogP contribution >= 0.6 is 23.2 Å². The average molecular weight is 477 g/mol. The number of imidazole rings is 1. The maximum Gasteiger partial charge on any atom is 0.488 e. The molecule has 2 aromatic heterocycles. The van der Waals surface area contributed by atoms with Gasteiger partial charge in [0.25, 0.3) is 5.56 Å². The van der Waals surface area contributed by atoms with Crippen molar-refractivity contribution in [2.75, 3.05) is 12.1 Å². The second-order valence-corrected chi connectivity index (χ2v) is 10.5. The van der Waals surface area contributed by atoms with E-state index in [2.05, 4.69) is 23.6 Å². The normalized spacial score (nSPS) is 17.7. The van der Waals surface area contributed by atoms with E-state index in [1.807, 2.05) is 0 Å². The molecule has 164 valence electrons. The summed E-state index contributed by atoms with van der Waals surface area (Å²) in [5, 5.41) is 0. The van der Waals surface area contributed by atoms with E-state index in [1.165, 1.54) is 17.8 Å². The predicted molar refractivity (Wildman–Crippen MR) is 96.5 cm³/mol. The first-order valence-corrected chi connectivity index (χ1v) is 12.4. The minimum atomic E-state index is -5.51. The van der Waals surface area contributed by atoms with Crippen molar-refractivity contribution in [2.45, 2.75) is 26.0 Å². The van der Waals surface area contributed by atoms with Gasteiger partial charge in [0.05, 0.1) is 12.4 Å². The Morgan fingerprint density at radius 2 is 1.90 bits per heavy atom. The highest BCUT2D eigenvalue weighted by molar-refractivity contribution is 7.68. The number of anilines is 1. The molecule has 0 aliphatic rings. The maximum atomic E-state index is 11.8. The van der Waals surface area contributed by atoms with Gasteiger partial charge in [-0.05, 0) is 13.3 Å². The Hall–Kier alpha value is -1.44. The fourth-order valence-electron chi connectivity index (χ4n) is 2.09. The number of aromatic amines is 1. The van der Waals surface area contributed by atoms with E-state index in [-0.39, 0.29) is 30.1 Å². The zero-order valence-electron chi connectivity index (χ0n) is 14.7. The molecule has 0 spiro atoms. The Morgan fingerprint density at radius 3 is 2.52 bits per heavy atom. The van der Waals surface area contributed by atoms with Crippen LogP contribution in [-0.2, 0) is 33.6 Å². The molecule has 0 radical (unpaired) electrons. The van der Waals surface area contributed by atoms with Crippen LogP contribution in [0.1, 0.15) is 13.3 Å². The molecule has 0 bridgehead atoms. The molecular weight excluding hydrogens is 459 g/mol. The van der Waals surface area contributed by atoms with Gasteiger partial charge in [-0.1, -0.05) is 0 Å². The molecule has 0 saturated heterocycles. The van der Waals surface area contributed by atoms with Gasteiger partial charge in [-0.2, -0.15) is 9.29 Å². The topological polar surface area (TPSA) is 249 Å². The number of nitrogens with one attached hydrogen (secondary N) is 1.